The van der Waals surface area contributed by atoms with Gasteiger partial charge < -0.3 is 15.3 Å². The number of nitrogens with zero attached hydrogens (tertiary/aromatic N) is 6. The number of hydrogen-bond donors (Lipinski definition) is 2. The molecule has 0 spiro atoms. The van der Waals surface area contributed by atoms with Gasteiger partial charge >= 0.3 is 5.97 Å². The molecule has 4 aromatic heterocycles. The second-order valence-corrected chi connectivity index (χ2v) is 9.36. The number of pyridine rings is 2. The first-order valence-corrected chi connectivity index (χ1v) is 12.1. The molecule has 5 heterocycles. The van der Waals surface area contributed by atoms with E-state index >= 15 is 4.39 Å². The maximum Gasteiger partial charge on any atom is 0.341 e. The maximum absolute atomic E-state index is 15.4. The van der Waals surface area contributed by atoms with Gasteiger partial charge in [0.25, 0.3) is 0 Å². The lowest BCUT2D eigenvalue weighted by Crippen LogP contribution is -2.53. The molecule has 1 aliphatic heterocycles. The van der Waals surface area contributed by atoms with E-state index in [4.69, 9.17) is 0 Å². The lowest BCUT2D eigenvalue weighted by Gasteiger charge is -2.39. The molecule has 1 fully saturated rings. The van der Waals surface area contributed by atoms with Gasteiger partial charge in [-0.15, -0.1) is 11.3 Å². The van der Waals surface area contributed by atoms with Gasteiger partial charge in [0.2, 0.25) is 11.3 Å². The van der Waals surface area contributed by atoms with Crippen LogP contribution in [0.3, 0.4) is 0 Å². The minimum Gasteiger partial charge on any atom is -0.477 e. The highest BCUT2D eigenvalue weighted by molar-refractivity contribution is 7.12. The molecule has 0 bridgehead atoms. The first-order valence-electron chi connectivity index (χ1n) is 11.3. The third-order valence-electron chi connectivity index (χ3n) is 6.05. The summed E-state index contributed by atoms with van der Waals surface area (Å²) in [6.45, 7) is 4.65. The predicted octanol–water partition coefficient (Wildman–Crippen LogP) is 2.67. The van der Waals surface area contributed by atoms with Gasteiger partial charge in [0.1, 0.15) is 5.56 Å². The van der Waals surface area contributed by atoms with Crippen LogP contribution < -0.4 is 15.6 Å². The Morgan fingerprint density at radius 3 is 2.78 bits per heavy atom. The van der Waals surface area contributed by atoms with Crippen LogP contribution >= 0.6 is 11.3 Å². The smallest absolute Gasteiger partial charge is 0.341 e. The summed E-state index contributed by atoms with van der Waals surface area (Å²) in [6, 6.07) is 1.72. The summed E-state index contributed by atoms with van der Waals surface area (Å²) in [7, 11) is 0. The fourth-order valence-electron chi connectivity index (χ4n) is 4.15. The Bertz CT molecular complexity index is 1540. The van der Waals surface area contributed by atoms with Gasteiger partial charge in [-0.3, -0.25) is 18.8 Å². The number of carbonyl (C=O) groups excluding carboxylic acids is 1. The Labute approximate surface area is 207 Å². The average Bonchev–Trinajstić information content (AvgIpc) is 3.48. The molecule has 36 heavy (non-hydrogen) atoms. The molecule has 0 aliphatic carbocycles. The van der Waals surface area contributed by atoms with Crippen LogP contribution in [0.4, 0.5) is 16.0 Å². The molecule has 0 saturated carbocycles. The summed E-state index contributed by atoms with van der Waals surface area (Å²) >= 11 is 1.22. The van der Waals surface area contributed by atoms with E-state index in [2.05, 4.69) is 20.4 Å². The van der Waals surface area contributed by atoms with E-state index in [1.54, 1.807) is 27.2 Å². The lowest BCUT2D eigenvalue weighted by atomic mass is 9.98. The van der Waals surface area contributed by atoms with Crippen molar-refractivity contribution in [3.05, 3.63) is 57.2 Å². The highest BCUT2D eigenvalue weighted by atomic mass is 32.1. The Hall–Kier alpha value is -4.13. The Kier molecular flexibility index (Phi) is 6.00. The van der Waals surface area contributed by atoms with Crippen molar-refractivity contribution >= 4 is 45.9 Å². The number of halogens is 1. The molecule has 1 aliphatic rings. The van der Waals surface area contributed by atoms with Crippen molar-refractivity contribution in [2.24, 2.45) is 5.92 Å². The summed E-state index contributed by atoms with van der Waals surface area (Å²) in [6.07, 6.45) is 5.40. The number of carbonyl (C=O) groups is 2. The molecule has 0 unspecified atom stereocenters. The van der Waals surface area contributed by atoms with E-state index in [9.17, 15) is 19.5 Å². The van der Waals surface area contributed by atoms with Gasteiger partial charge in [-0.1, -0.05) is 6.92 Å². The lowest BCUT2D eigenvalue weighted by molar-refractivity contribution is -0.120. The zero-order valence-electron chi connectivity index (χ0n) is 19.4. The van der Waals surface area contributed by atoms with Crippen LogP contribution in [-0.2, 0) is 11.3 Å². The van der Waals surface area contributed by atoms with Crippen molar-refractivity contribution in [1.29, 1.82) is 0 Å². The van der Waals surface area contributed by atoms with Gasteiger partial charge in [0.15, 0.2) is 28.2 Å². The second kappa shape index (κ2) is 9.15. The standard InChI is InChI=1S/C23H22FN7O4S/c1-3-6-30-7-4-15(28-30)26-21(33)13-9-29(10-13)20-17(24)12(2)16-18(32)14(22(34)35)11-31(19(16)27-20)23-25-5-8-36-23/h4-5,7-8,11,13H,3,6,9-10H2,1-2H3,(H,34,35)(H,26,28,33). The number of amides is 1. The molecule has 13 heteroatoms. The van der Waals surface area contributed by atoms with E-state index < -0.39 is 28.7 Å². The van der Waals surface area contributed by atoms with Crippen molar-refractivity contribution in [2.45, 2.75) is 26.8 Å². The summed E-state index contributed by atoms with van der Waals surface area (Å²) in [5.41, 5.74) is -1.23. The highest BCUT2D eigenvalue weighted by Gasteiger charge is 2.36. The van der Waals surface area contributed by atoms with Crippen LogP contribution in [0, 0.1) is 18.7 Å². The largest absolute Gasteiger partial charge is 0.477 e. The fourth-order valence-corrected chi connectivity index (χ4v) is 4.77. The topological polar surface area (TPSA) is 135 Å². The van der Waals surface area contributed by atoms with E-state index in [1.807, 2.05) is 6.92 Å². The molecule has 186 valence electrons. The van der Waals surface area contributed by atoms with Gasteiger partial charge in [0, 0.05) is 55.2 Å². The molecular formula is C23H22FN7O4S. The molecule has 4 aromatic rings. The average molecular weight is 512 g/mol. The van der Waals surface area contributed by atoms with Gasteiger partial charge in [-0.05, 0) is 13.3 Å². The van der Waals surface area contributed by atoms with Crippen molar-refractivity contribution < 1.29 is 19.1 Å². The van der Waals surface area contributed by atoms with Crippen molar-refractivity contribution in [2.75, 3.05) is 23.3 Å². The van der Waals surface area contributed by atoms with E-state index in [1.165, 1.54) is 29.0 Å². The molecule has 5 rings (SSSR count). The quantitative estimate of drug-likeness (QED) is 0.387. The number of fused-ring (bicyclic) bond motifs is 1. The van der Waals surface area contributed by atoms with Gasteiger partial charge in [-0.25, -0.2) is 19.2 Å². The Morgan fingerprint density at radius 2 is 2.11 bits per heavy atom. The molecule has 0 aromatic carbocycles. The van der Waals surface area contributed by atoms with Crippen LogP contribution in [0.2, 0.25) is 0 Å². The number of carboxylic acids is 1. The summed E-state index contributed by atoms with van der Waals surface area (Å²) in [4.78, 5) is 47.5. The Morgan fingerprint density at radius 1 is 1.33 bits per heavy atom. The molecule has 11 nitrogen and oxygen atoms in total. The third kappa shape index (κ3) is 4.00. The summed E-state index contributed by atoms with van der Waals surface area (Å²) in [5.74, 6) is -2.33. The zero-order chi connectivity index (χ0) is 25.6. The number of hydrogen-bond acceptors (Lipinski definition) is 8. The van der Waals surface area contributed by atoms with Crippen molar-refractivity contribution in [3.8, 4) is 5.13 Å². The normalized spacial score (nSPS) is 13.7. The summed E-state index contributed by atoms with van der Waals surface area (Å²) < 4.78 is 18.5. The van der Waals surface area contributed by atoms with Crippen molar-refractivity contribution in [3.63, 3.8) is 0 Å². The minimum absolute atomic E-state index is 0.0101. The minimum atomic E-state index is -1.42. The number of aromatic nitrogens is 5. The monoisotopic (exact) mass is 511 g/mol. The van der Waals surface area contributed by atoms with Crippen LogP contribution in [0.5, 0.6) is 0 Å². The molecule has 0 radical (unpaired) electrons. The van der Waals surface area contributed by atoms with Gasteiger partial charge in [0.05, 0.1) is 11.3 Å². The zero-order valence-corrected chi connectivity index (χ0v) is 20.3. The fraction of sp³-hybridized carbons (Fsp3) is 0.304. The summed E-state index contributed by atoms with van der Waals surface area (Å²) in [5, 5.41) is 18.6. The molecule has 1 saturated heterocycles. The van der Waals surface area contributed by atoms with Crippen LogP contribution in [0.25, 0.3) is 16.2 Å². The van der Waals surface area contributed by atoms with Gasteiger partial charge in [-0.2, -0.15) is 5.10 Å². The third-order valence-corrected chi connectivity index (χ3v) is 6.82. The number of aryl methyl sites for hydroxylation is 2. The number of aromatic carboxylic acids is 1. The first kappa shape index (κ1) is 23.6. The van der Waals surface area contributed by atoms with Crippen LogP contribution in [-0.4, -0.2) is 54.4 Å². The number of carboxylic acid groups (broad SMARTS) is 1. The SMILES string of the molecule is CCCn1ccc(NC(=O)C2CN(c3nc4c(c(C)c3F)c(=O)c(C(=O)O)cn4-c3nccs3)C2)n1. The predicted molar refractivity (Wildman–Crippen MR) is 132 cm³/mol. The van der Waals surface area contributed by atoms with Crippen molar-refractivity contribution in [1.82, 2.24) is 24.3 Å². The highest BCUT2D eigenvalue weighted by Crippen LogP contribution is 2.32. The molecule has 2 N–H and O–H groups in total. The van der Waals surface area contributed by atoms with E-state index in [0.717, 1.165) is 19.2 Å². The maximum atomic E-state index is 15.4. The number of rotatable bonds is 7. The molecule has 1 amide bonds. The first-order chi connectivity index (χ1) is 17.3. The van der Waals surface area contributed by atoms with Crippen LogP contribution in [0.15, 0.2) is 34.8 Å². The number of thiazole rings is 1. The second-order valence-electron chi connectivity index (χ2n) is 8.49. The van der Waals surface area contributed by atoms with E-state index in [0.29, 0.717) is 10.9 Å². The van der Waals surface area contributed by atoms with E-state index in [-0.39, 0.29) is 41.4 Å². The molecule has 0 atom stereocenters. The number of nitrogens with one attached hydrogen (secondary N) is 1. The molecular weight excluding hydrogens is 489 g/mol. The Balaban J connectivity index is 1.46. The number of anilines is 2. The van der Waals surface area contributed by atoms with Crippen LogP contribution in [0.1, 0.15) is 29.3 Å².